The van der Waals surface area contributed by atoms with E-state index in [9.17, 15) is 126 Å². The number of aromatic nitrogens is 4. The number of hydrogen-bond donors (Lipinski definition) is 23. The van der Waals surface area contributed by atoms with Crippen LogP contribution in [0.25, 0.3) is 33.4 Å². The number of H-pyrrole nitrogens is 2. The number of aromatic amines is 2. The number of aliphatic hydroxyl groups excluding tert-OH is 2. The van der Waals surface area contributed by atoms with Crippen LogP contribution < -0.4 is 85.6 Å². The number of carboxylic acid groups (broad SMARTS) is 3. The Balaban J connectivity index is 1.02. The number of primary amides is 1. The average molecular weight is 1820 g/mol. The number of phenolic OH excluding ortho intramolecular Hbond substituents is 1. The Morgan fingerprint density at radius 2 is 0.953 bits per heavy atom. The van der Waals surface area contributed by atoms with E-state index >= 15 is 0 Å². The van der Waals surface area contributed by atoms with Crippen molar-refractivity contribution in [3.05, 3.63) is 112 Å². The summed E-state index contributed by atoms with van der Waals surface area (Å²) in [6.07, 6.45) is -1.44. The molecule has 0 spiro atoms. The number of benzene rings is 3. The summed E-state index contributed by atoms with van der Waals surface area (Å²) in [4.78, 5) is 293. The lowest BCUT2D eigenvalue weighted by molar-refractivity contribution is -0.139. The van der Waals surface area contributed by atoms with Crippen LogP contribution in [0.4, 0.5) is 0 Å². The van der Waals surface area contributed by atoms with Crippen molar-refractivity contribution in [1.29, 1.82) is 0 Å². The molecule has 48 nitrogen and oxygen atoms in total. The fraction of sp³-hybridized carbons (Fsp3) is 0.438. The summed E-state index contributed by atoms with van der Waals surface area (Å²) < 4.78 is 5.91. The van der Waals surface area contributed by atoms with Crippen molar-refractivity contribution in [2.75, 3.05) is 18.8 Å². The van der Waals surface area contributed by atoms with E-state index in [0.29, 0.717) is 17.1 Å². The minimum Gasteiger partial charge on any atom is -0.508 e. The normalized spacial score (nSPS) is 15.9. The van der Waals surface area contributed by atoms with Gasteiger partial charge in [0.05, 0.1) is 47.1 Å². The molecule has 4 aromatic rings. The first kappa shape index (κ1) is 101. The number of amides is 17. The second-order valence-electron chi connectivity index (χ2n) is 30.2. The summed E-state index contributed by atoms with van der Waals surface area (Å²) in [5, 5.41) is 92.2. The van der Waals surface area contributed by atoms with E-state index in [-0.39, 0.29) is 75.7 Å². The van der Waals surface area contributed by atoms with E-state index in [1.54, 1.807) is 0 Å². The third kappa shape index (κ3) is 29.1. The van der Waals surface area contributed by atoms with Crippen LogP contribution in [-0.2, 0) is 99.1 Å². The molecule has 2 aliphatic heterocycles. The standard InChI is InChI=1S/C80H100N20O28S/c1-33(87-68(114)35(3)91-73(119)52(17-19-61(109)110)95-75(121)54(24-44-29-83-32-86-44)96-77(123)63(39(7)101)93-41(9)103)66(112)89-37(5)70(116)98-55(30-129-58-27-59(106)100(79(58)125)21-20-84-72(118)42-10-13-47(80(126)127)50(22-42)62-48-14-11-45(104)25-56(48)128-57-26-46(105)12-15-49(57)62)76(122)92-36(4)69(115)88-34(2)67(113)90-38(6)71(117)99-64(40(8)102)78(124)97-53(23-43-28-82-31-85-43)74(120)94-51(65(81)111)16-18-60(107)108/h10-15,22,25-26,28-29,31-40,51-55,58,63-64,101-102,104H,16-21,23-24,27,30H2,1-9H3,(H2,81,111)(H,82,85)(H,83,86)(H,84,118)(H,87,114)(H,88,115)(H,89,112)(H,90,113)(H,91,119)(H,92,122)(H,93,103)(H,94,120)(H,95,121)(H,96,123)(H,97,124)(H,98,116)(H,99,117)(H,107,108)(H,109,110)(H,126,127)/t33-,34-,35-,36-,37-,38-,39+,40+,51-,52-,53-,54-,55-,58?,63-,64-/m1/s1. The summed E-state index contributed by atoms with van der Waals surface area (Å²) >= 11 is 0.672. The van der Waals surface area contributed by atoms with E-state index in [1.807, 2.05) is 0 Å². The van der Waals surface area contributed by atoms with Gasteiger partial charge in [-0.1, -0.05) is 0 Å². The predicted octanol–water partition coefficient (Wildman–Crippen LogP) is -6.09. The second-order valence-corrected chi connectivity index (χ2v) is 31.4. The molecule has 1 saturated heterocycles. The number of hydrogen-bond acceptors (Lipinski definition) is 28. The average Bonchev–Trinajstić information content (AvgIpc) is 1.29. The molecule has 1 aliphatic carbocycles. The highest BCUT2D eigenvalue weighted by Crippen LogP contribution is 2.42. The van der Waals surface area contributed by atoms with Crippen LogP contribution in [0.1, 0.15) is 127 Å². The number of aromatic carboxylic acids is 1. The van der Waals surface area contributed by atoms with Crippen LogP contribution in [0.3, 0.4) is 0 Å². The maximum atomic E-state index is 14.4. The number of thioether (sulfide) groups is 1. The number of carboxylic acids is 3. The third-order valence-corrected chi connectivity index (χ3v) is 21.2. The highest BCUT2D eigenvalue weighted by Gasteiger charge is 2.42. The highest BCUT2D eigenvalue weighted by atomic mass is 32.2. The Morgan fingerprint density at radius 1 is 0.512 bits per heavy atom. The first-order chi connectivity index (χ1) is 60.7. The van der Waals surface area contributed by atoms with Gasteiger partial charge in [0.25, 0.3) is 5.91 Å². The number of carbonyl (C=O) groups excluding carboxylic acids is 17. The number of fused-ring (bicyclic) bond motifs is 2. The van der Waals surface area contributed by atoms with Crippen LogP contribution in [0.2, 0.25) is 0 Å². The molecule has 2 aromatic carbocycles. The van der Waals surface area contributed by atoms with Gasteiger partial charge in [-0.25, -0.2) is 14.8 Å². The topological polar surface area (TPSA) is 748 Å². The van der Waals surface area contributed by atoms with Gasteiger partial charge in [-0.2, -0.15) is 0 Å². The Hall–Kier alpha value is -14.8. The van der Waals surface area contributed by atoms with Gasteiger partial charge in [0.1, 0.15) is 95.6 Å². The van der Waals surface area contributed by atoms with Gasteiger partial charge >= 0.3 is 17.9 Å². The molecular formula is C80H100N20O28S. The number of aliphatic carboxylic acids is 2. The van der Waals surface area contributed by atoms with Crippen molar-refractivity contribution in [3.63, 3.8) is 0 Å². The number of nitrogens with one attached hydrogen (secondary N) is 16. The monoisotopic (exact) mass is 1820 g/mol. The maximum Gasteiger partial charge on any atom is 0.336 e. The number of nitrogens with zero attached hydrogens (tertiary/aromatic N) is 3. The molecule has 129 heavy (non-hydrogen) atoms. The van der Waals surface area contributed by atoms with Crippen molar-refractivity contribution in [1.82, 2.24) is 99.3 Å². The van der Waals surface area contributed by atoms with Crippen LogP contribution in [0, 0.1) is 0 Å². The first-order valence-corrected chi connectivity index (χ1v) is 41.0. The van der Waals surface area contributed by atoms with E-state index in [4.69, 9.17) is 15.3 Å². The van der Waals surface area contributed by atoms with Gasteiger partial charge in [-0.05, 0) is 116 Å². The summed E-state index contributed by atoms with van der Waals surface area (Å²) in [7, 11) is 0. The van der Waals surface area contributed by atoms with Gasteiger partial charge in [-0.15, -0.1) is 11.8 Å². The molecule has 694 valence electrons. The zero-order valence-corrected chi connectivity index (χ0v) is 71.6. The smallest absolute Gasteiger partial charge is 0.336 e. The van der Waals surface area contributed by atoms with Crippen LogP contribution >= 0.6 is 11.8 Å². The van der Waals surface area contributed by atoms with Crippen molar-refractivity contribution >= 4 is 141 Å². The van der Waals surface area contributed by atoms with Gasteiger partial charge in [0, 0.05) is 104 Å². The zero-order valence-electron chi connectivity index (χ0n) is 70.8. The second kappa shape index (κ2) is 46.4. The number of nitrogens with two attached hydrogens (primary N) is 1. The number of imide groups is 1. The molecule has 16 atom stereocenters. The number of aliphatic hydroxyl groups is 2. The van der Waals surface area contributed by atoms with E-state index in [1.165, 1.54) is 74.4 Å². The molecule has 0 saturated carbocycles. The van der Waals surface area contributed by atoms with Crippen molar-refractivity contribution in [3.8, 4) is 28.2 Å². The number of aromatic hydroxyl groups is 1. The summed E-state index contributed by atoms with van der Waals surface area (Å²) in [5.41, 5.74) is 5.55. The van der Waals surface area contributed by atoms with Crippen molar-refractivity contribution < 1.29 is 131 Å². The molecule has 0 radical (unpaired) electrons. The minimum atomic E-state index is -1.85. The molecule has 17 amide bonds. The lowest BCUT2D eigenvalue weighted by Crippen LogP contribution is -2.61. The number of likely N-dealkylation sites (tertiary alicyclic amines) is 1. The predicted molar refractivity (Wildman–Crippen MR) is 449 cm³/mol. The molecular weight excluding hydrogens is 1720 g/mol. The fourth-order valence-electron chi connectivity index (χ4n) is 12.8. The lowest BCUT2D eigenvalue weighted by Gasteiger charge is -2.27. The molecule has 49 heteroatoms. The fourth-order valence-corrected chi connectivity index (χ4v) is 14.0. The number of phenols is 1. The maximum absolute atomic E-state index is 14.4. The lowest BCUT2D eigenvalue weighted by atomic mass is 9.89. The SMILES string of the molecule is CC(=O)N[C@@H](C(=O)N[C@H](Cc1c[nH]cn1)C(=O)N[C@H](CCC(=O)O)C(=O)N[C@H](C)C(=O)N[C@H](C)C(=O)N[C@H](C)C(=O)N[C@H](CSC1CC(=O)N(CCNC(=O)c2ccc(C(=O)O)c(-c3c4ccc(=O)cc-4oc4cc(O)ccc34)c2)C1=O)C(=O)N[C@H](C)C(=O)N[C@H](C)C(=O)N[C@H](C)C(=O)N[C@@H](C(=O)N[C@H](Cc1c[nH]cn1)C(=O)N[C@H](CCC(=O)O)C(N)=O)[C@H](C)O)[C@H](C)O. The van der Waals surface area contributed by atoms with Crippen LogP contribution in [-0.4, -0.2) is 289 Å². The molecule has 7 rings (SSSR count). The summed E-state index contributed by atoms with van der Waals surface area (Å²) in [5.74, 6) is -22.2. The minimum absolute atomic E-state index is 0.00159. The van der Waals surface area contributed by atoms with Gasteiger partial charge in [0.2, 0.25) is 94.5 Å². The van der Waals surface area contributed by atoms with Gasteiger partial charge in [0.15, 0.2) is 5.43 Å². The molecule has 2 aromatic heterocycles. The first-order valence-electron chi connectivity index (χ1n) is 40.0. The van der Waals surface area contributed by atoms with Crippen molar-refractivity contribution in [2.45, 2.75) is 203 Å². The molecule has 0 bridgehead atoms. The molecule has 1 unspecified atom stereocenters. The van der Waals surface area contributed by atoms with Crippen LogP contribution in [0.15, 0.2) is 88.9 Å². The number of imidazole rings is 2. The quantitative estimate of drug-likeness (QED) is 0.0125. The molecule has 24 N–H and O–H groups in total. The Morgan fingerprint density at radius 3 is 1.42 bits per heavy atom. The molecule has 1 fully saturated rings. The van der Waals surface area contributed by atoms with Gasteiger partial charge < -0.3 is 125 Å². The number of carbonyl (C=O) groups is 20. The Kier molecular flexibility index (Phi) is 36.5. The van der Waals surface area contributed by atoms with E-state index < -0.39 is 264 Å². The highest BCUT2D eigenvalue weighted by molar-refractivity contribution is 8.00. The van der Waals surface area contributed by atoms with Gasteiger partial charge in [-0.3, -0.25) is 101 Å². The third-order valence-electron chi connectivity index (χ3n) is 19.9. The summed E-state index contributed by atoms with van der Waals surface area (Å²) in [6.45, 7) is 9.41. The van der Waals surface area contributed by atoms with Crippen LogP contribution in [0.5, 0.6) is 5.75 Å². The summed E-state index contributed by atoms with van der Waals surface area (Å²) in [6, 6.07) is -9.58. The van der Waals surface area contributed by atoms with Crippen molar-refractivity contribution in [2.24, 2.45) is 5.73 Å². The van der Waals surface area contributed by atoms with E-state index in [0.717, 1.165) is 72.4 Å². The zero-order chi connectivity index (χ0) is 95.7. The largest absolute Gasteiger partial charge is 0.508 e. The Labute approximate surface area is 736 Å². The molecule has 4 heterocycles. The number of rotatable bonds is 47. The van der Waals surface area contributed by atoms with E-state index in [2.05, 4.69) is 94.4 Å². The molecule has 3 aliphatic rings. The Bertz CT molecular complexity index is 5260.